The molecule has 1 aromatic carbocycles. The zero-order chi connectivity index (χ0) is 11.4. The number of aromatic hydroxyl groups is 1. The van der Waals surface area contributed by atoms with E-state index in [1.165, 1.54) is 0 Å². The number of benzene rings is 1. The first-order chi connectivity index (χ1) is 7.75. The molecule has 0 saturated carbocycles. The summed E-state index contributed by atoms with van der Waals surface area (Å²) in [6.07, 6.45) is 1.59. The summed E-state index contributed by atoms with van der Waals surface area (Å²) < 4.78 is 10.5. The number of thiocarbonyl (C=S) groups is 1. The first kappa shape index (κ1) is 10.7. The van der Waals surface area contributed by atoms with Crippen molar-refractivity contribution in [3.8, 4) is 5.75 Å². The summed E-state index contributed by atoms with van der Waals surface area (Å²) in [5.41, 5.74) is 0.763. The smallest absolute Gasteiger partial charge is 0.191 e. The van der Waals surface area contributed by atoms with Gasteiger partial charge in [0.1, 0.15) is 18.1 Å². The lowest BCUT2D eigenvalue weighted by molar-refractivity contribution is 0.265. The molecule has 1 N–H and O–H groups in total. The van der Waals surface area contributed by atoms with Gasteiger partial charge >= 0.3 is 0 Å². The van der Waals surface area contributed by atoms with Crippen molar-refractivity contribution in [3.05, 3.63) is 54.0 Å². The highest BCUT2D eigenvalue weighted by molar-refractivity contribution is 7.80. The fourth-order valence-corrected chi connectivity index (χ4v) is 1.41. The van der Waals surface area contributed by atoms with Crippen LogP contribution in [0.15, 0.2) is 47.1 Å². The summed E-state index contributed by atoms with van der Waals surface area (Å²) in [5, 5.41) is 9.51. The van der Waals surface area contributed by atoms with Gasteiger partial charge in [0.05, 0.1) is 6.26 Å². The van der Waals surface area contributed by atoms with Crippen LogP contribution in [0, 0.1) is 0 Å². The summed E-state index contributed by atoms with van der Waals surface area (Å²) >= 11 is 5.09. The van der Waals surface area contributed by atoms with E-state index in [-0.39, 0.29) is 5.75 Å². The highest BCUT2D eigenvalue weighted by atomic mass is 32.1. The SMILES string of the molecule is Oc1ccc(C(=S)OCc2ccco2)cc1. The molecule has 0 amide bonds. The lowest BCUT2D eigenvalue weighted by atomic mass is 10.2. The van der Waals surface area contributed by atoms with Gasteiger partial charge in [0.15, 0.2) is 5.05 Å². The predicted octanol–water partition coefficient (Wildman–Crippen LogP) is 2.88. The van der Waals surface area contributed by atoms with E-state index in [1.54, 1.807) is 36.6 Å². The number of hydrogen-bond donors (Lipinski definition) is 1. The van der Waals surface area contributed by atoms with E-state index in [9.17, 15) is 0 Å². The van der Waals surface area contributed by atoms with Crippen LogP contribution >= 0.6 is 12.2 Å². The number of phenolic OH excluding ortho intramolecular Hbond substituents is 1. The fraction of sp³-hybridized carbons (Fsp3) is 0.0833. The second-order valence-corrected chi connectivity index (χ2v) is 3.57. The number of furan rings is 1. The molecule has 0 fully saturated rings. The Labute approximate surface area is 98.3 Å². The number of phenols is 1. The van der Waals surface area contributed by atoms with Gasteiger partial charge in [-0.2, -0.15) is 0 Å². The van der Waals surface area contributed by atoms with Crippen LogP contribution in [0.2, 0.25) is 0 Å². The molecule has 3 nitrogen and oxygen atoms in total. The second-order valence-electron chi connectivity index (χ2n) is 3.20. The van der Waals surface area contributed by atoms with Crippen molar-refractivity contribution in [1.82, 2.24) is 0 Å². The Balaban J connectivity index is 1.95. The molecule has 0 unspecified atom stereocenters. The Kier molecular flexibility index (Phi) is 3.22. The van der Waals surface area contributed by atoms with E-state index in [0.29, 0.717) is 11.7 Å². The molecule has 0 atom stereocenters. The number of ether oxygens (including phenoxy) is 1. The monoisotopic (exact) mass is 234 g/mol. The highest BCUT2D eigenvalue weighted by Gasteiger charge is 2.03. The summed E-state index contributed by atoms with van der Waals surface area (Å²) in [6.45, 7) is 0.312. The Morgan fingerprint density at radius 1 is 1.25 bits per heavy atom. The fourth-order valence-electron chi connectivity index (χ4n) is 1.21. The van der Waals surface area contributed by atoms with Gasteiger partial charge in [-0.25, -0.2) is 0 Å². The summed E-state index contributed by atoms with van der Waals surface area (Å²) in [7, 11) is 0. The molecule has 0 aliphatic heterocycles. The maximum atomic E-state index is 9.12. The van der Waals surface area contributed by atoms with Crippen molar-refractivity contribution < 1.29 is 14.3 Å². The third kappa shape index (κ3) is 2.61. The molecule has 1 heterocycles. The average Bonchev–Trinajstić information content (AvgIpc) is 2.80. The predicted molar refractivity (Wildman–Crippen MR) is 63.3 cm³/mol. The number of hydrogen-bond acceptors (Lipinski definition) is 4. The topological polar surface area (TPSA) is 42.6 Å². The van der Waals surface area contributed by atoms with Gasteiger partial charge < -0.3 is 14.3 Å². The zero-order valence-corrected chi connectivity index (χ0v) is 9.24. The van der Waals surface area contributed by atoms with Crippen LogP contribution in [0.25, 0.3) is 0 Å². The van der Waals surface area contributed by atoms with Gasteiger partial charge in [0.25, 0.3) is 0 Å². The lowest BCUT2D eigenvalue weighted by Crippen LogP contribution is -2.02. The van der Waals surface area contributed by atoms with Crippen molar-refractivity contribution >= 4 is 17.3 Å². The van der Waals surface area contributed by atoms with Gasteiger partial charge in [-0.1, -0.05) is 0 Å². The first-order valence-electron chi connectivity index (χ1n) is 4.74. The van der Waals surface area contributed by atoms with Gasteiger partial charge in [-0.3, -0.25) is 0 Å². The third-order valence-corrected chi connectivity index (χ3v) is 2.38. The molecule has 2 rings (SSSR count). The van der Waals surface area contributed by atoms with Crippen molar-refractivity contribution in [2.45, 2.75) is 6.61 Å². The lowest BCUT2D eigenvalue weighted by Gasteiger charge is -2.05. The normalized spacial score (nSPS) is 10.0. The summed E-state index contributed by atoms with van der Waals surface area (Å²) in [6, 6.07) is 10.2. The minimum Gasteiger partial charge on any atom is -0.508 e. The van der Waals surface area contributed by atoms with Gasteiger partial charge in [0, 0.05) is 5.56 Å². The Morgan fingerprint density at radius 3 is 2.62 bits per heavy atom. The highest BCUT2D eigenvalue weighted by Crippen LogP contribution is 2.12. The number of rotatable bonds is 3. The van der Waals surface area contributed by atoms with Crippen molar-refractivity contribution in [3.63, 3.8) is 0 Å². The Morgan fingerprint density at radius 2 is 2.00 bits per heavy atom. The molecule has 0 bridgehead atoms. The average molecular weight is 234 g/mol. The molecule has 0 aliphatic carbocycles. The van der Waals surface area contributed by atoms with Crippen LogP contribution < -0.4 is 0 Å². The van der Waals surface area contributed by atoms with Crippen molar-refractivity contribution in [2.75, 3.05) is 0 Å². The molecule has 82 valence electrons. The van der Waals surface area contributed by atoms with Crippen LogP contribution in [0.1, 0.15) is 11.3 Å². The first-order valence-corrected chi connectivity index (χ1v) is 5.15. The van der Waals surface area contributed by atoms with Crippen molar-refractivity contribution in [2.24, 2.45) is 0 Å². The maximum absolute atomic E-state index is 9.12. The molecule has 0 radical (unpaired) electrons. The molecule has 4 heteroatoms. The largest absolute Gasteiger partial charge is 0.508 e. The maximum Gasteiger partial charge on any atom is 0.191 e. The van der Waals surface area contributed by atoms with Gasteiger partial charge in [-0.15, -0.1) is 0 Å². The molecule has 16 heavy (non-hydrogen) atoms. The van der Waals surface area contributed by atoms with Crippen LogP contribution in [0.4, 0.5) is 0 Å². The van der Waals surface area contributed by atoms with E-state index >= 15 is 0 Å². The van der Waals surface area contributed by atoms with Crippen LogP contribution in [-0.2, 0) is 11.3 Å². The molecule has 0 aliphatic rings. The Hall–Kier alpha value is -1.81. The van der Waals surface area contributed by atoms with Crippen LogP contribution in [-0.4, -0.2) is 10.2 Å². The molecular formula is C12H10O3S. The van der Waals surface area contributed by atoms with Crippen LogP contribution in [0.3, 0.4) is 0 Å². The zero-order valence-electron chi connectivity index (χ0n) is 8.42. The van der Waals surface area contributed by atoms with Crippen LogP contribution in [0.5, 0.6) is 5.75 Å². The molecule has 0 spiro atoms. The molecule has 1 aromatic heterocycles. The molecule has 0 saturated heterocycles. The van der Waals surface area contributed by atoms with E-state index in [4.69, 9.17) is 26.5 Å². The minimum atomic E-state index is 0.206. The standard InChI is InChI=1S/C12H10O3S/c13-10-5-3-9(4-6-10)12(16)15-8-11-2-1-7-14-11/h1-7,13H,8H2. The quantitative estimate of drug-likeness (QED) is 0.829. The molecular weight excluding hydrogens is 224 g/mol. The van der Waals surface area contributed by atoms with Gasteiger partial charge in [-0.05, 0) is 48.6 Å². The van der Waals surface area contributed by atoms with E-state index in [1.807, 2.05) is 6.07 Å². The van der Waals surface area contributed by atoms with E-state index < -0.39 is 0 Å². The van der Waals surface area contributed by atoms with E-state index in [2.05, 4.69) is 0 Å². The summed E-state index contributed by atoms with van der Waals surface area (Å²) in [5.74, 6) is 0.929. The Bertz CT molecular complexity index is 460. The molecule has 2 aromatic rings. The van der Waals surface area contributed by atoms with Gasteiger partial charge in [0.2, 0.25) is 0 Å². The second kappa shape index (κ2) is 4.81. The third-order valence-electron chi connectivity index (χ3n) is 2.03. The van der Waals surface area contributed by atoms with E-state index in [0.717, 1.165) is 11.3 Å². The minimum absolute atomic E-state index is 0.206. The van der Waals surface area contributed by atoms with Crippen molar-refractivity contribution in [1.29, 1.82) is 0 Å². The summed E-state index contributed by atoms with van der Waals surface area (Å²) in [4.78, 5) is 0.